The van der Waals surface area contributed by atoms with Gasteiger partial charge in [-0.15, -0.1) is 0 Å². The average molecular weight is 515 g/mol. The first-order valence-electron chi connectivity index (χ1n) is 12.6. The number of allylic oxidation sites excluding steroid dienone is 1. The highest BCUT2D eigenvalue weighted by molar-refractivity contribution is 6.03. The van der Waals surface area contributed by atoms with Crippen molar-refractivity contribution in [1.82, 2.24) is 5.32 Å². The zero-order valence-corrected chi connectivity index (χ0v) is 21.1. The van der Waals surface area contributed by atoms with Gasteiger partial charge in [0.05, 0.1) is 29.3 Å². The molecule has 1 aromatic rings. The molecule has 0 aromatic heterocycles. The molecule has 1 saturated heterocycles. The number of nitrogens with one attached hydrogen (secondary N) is 2. The number of esters is 2. The number of carboxylic acid groups (broad SMARTS) is 1. The van der Waals surface area contributed by atoms with Gasteiger partial charge in [-0.25, -0.2) is 9.59 Å². The van der Waals surface area contributed by atoms with E-state index in [0.29, 0.717) is 25.7 Å². The molecule has 10 nitrogen and oxygen atoms in total. The first kappa shape index (κ1) is 28.0. The second-order valence-electron chi connectivity index (χ2n) is 9.33. The minimum Gasteiger partial charge on any atom is -0.478 e. The largest absolute Gasteiger partial charge is 0.478 e. The van der Waals surface area contributed by atoms with Gasteiger partial charge in [0.15, 0.2) is 0 Å². The molecule has 0 bridgehead atoms. The normalized spacial score (nSPS) is 23.4. The summed E-state index contributed by atoms with van der Waals surface area (Å²) < 4.78 is 17.3. The topological polar surface area (TPSA) is 152 Å². The summed E-state index contributed by atoms with van der Waals surface area (Å²) in [6, 6.07) is 5.83. The molecule has 3 rings (SSSR count). The van der Waals surface area contributed by atoms with Crippen LogP contribution in [0, 0.1) is 17.2 Å². The Morgan fingerprint density at radius 2 is 1.86 bits per heavy atom. The highest BCUT2D eigenvalue weighted by Gasteiger charge is 2.39. The molecule has 2 heterocycles. The molecule has 0 radical (unpaired) electrons. The number of aromatic carboxylic acids is 1. The van der Waals surface area contributed by atoms with Gasteiger partial charge in [-0.3, -0.25) is 15.0 Å². The van der Waals surface area contributed by atoms with E-state index >= 15 is 0 Å². The second-order valence-corrected chi connectivity index (χ2v) is 9.33. The van der Waals surface area contributed by atoms with Crippen molar-refractivity contribution in [3.8, 4) is 0 Å². The van der Waals surface area contributed by atoms with Gasteiger partial charge in [0.2, 0.25) is 5.91 Å². The van der Waals surface area contributed by atoms with Crippen LogP contribution in [0.5, 0.6) is 0 Å². The maximum Gasteiger partial charge on any atom is 0.339 e. The number of hydrogen-bond donors (Lipinski definition) is 3. The van der Waals surface area contributed by atoms with Gasteiger partial charge in [-0.2, -0.15) is 0 Å². The van der Waals surface area contributed by atoms with Crippen LogP contribution in [-0.2, 0) is 23.8 Å². The van der Waals surface area contributed by atoms with Crippen molar-refractivity contribution < 1.29 is 38.5 Å². The molecule has 3 N–H and O–H groups in total. The molecule has 200 valence electrons. The minimum absolute atomic E-state index is 0.0223. The van der Waals surface area contributed by atoms with Crippen molar-refractivity contribution in [1.29, 1.82) is 5.41 Å². The van der Waals surface area contributed by atoms with Crippen LogP contribution in [0.3, 0.4) is 0 Å². The van der Waals surface area contributed by atoms with Crippen molar-refractivity contribution in [2.75, 3.05) is 6.61 Å². The molecule has 1 amide bonds. The first-order valence-corrected chi connectivity index (χ1v) is 12.6. The Morgan fingerprint density at radius 1 is 1.16 bits per heavy atom. The molecule has 0 spiro atoms. The number of carbonyl (C=O) groups is 4. The number of benzene rings is 1. The van der Waals surface area contributed by atoms with Gasteiger partial charge in [-0.05, 0) is 49.8 Å². The lowest BCUT2D eigenvalue weighted by molar-refractivity contribution is -0.152. The summed E-state index contributed by atoms with van der Waals surface area (Å²) >= 11 is 0. The SMILES string of the molecule is CCC(CC)C(=O)OC[C@@H]1C[C@@H](OC(=O)c2ccccc2C(=O)O)[C@H](CCC2C=CC(=N)NC(=O)C2)O1. The Bertz CT molecular complexity index is 1050. The Balaban J connectivity index is 1.70. The average Bonchev–Trinajstić information content (AvgIpc) is 3.17. The van der Waals surface area contributed by atoms with Crippen LogP contribution >= 0.6 is 0 Å². The van der Waals surface area contributed by atoms with Crippen LogP contribution in [0.15, 0.2) is 36.4 Å². The van der Waals surface area contributed by atoms with E-state index in [2.05, 4.69) is 5.32 Å². The molecule has 1 aromatic carbocycles. The highest BCUT2D eigenvalue weighted by Crippen LogP contribution is 2.30. The number of ether oxygens (including phenoxy) is 3. The van der Waals surface area contributed by atoms with Crippen LogP contribution < -0.4 is 5.32 Å². The Morgan fingerprint density at radius 3 is 2.54 bits per heavy atom. The number of rotatable bonds is 11. The predicted molar refractivity (Wildman–Crippen MR) is 133 cm³/mol. The van der Waals surface area contributed by atoms with Crippen molar-refractivity contribution in [3.05, 3.63) is 47.5 Å². The number of amides is 1. The third-order valence-electron chi connectivity index (χ3n) is 6.72. The van der Waals surface area contributed by atoms with Gasteiger partial charge in [0.25, 0.3) is 0 Å². The van der Waals surface area contributed by atoms with Crippen LogP contribution in [-0.4, -0.2) is 59.7 Å². The third kappa shape index (κ3) is 7.72. The van der Waals surface area contributed by atoms with Crippen LogP contribution in [0.1, 0.15) is 73.1 Å². The zero-order chi connectivity index (χ0) is 26.9. The van der Waals surface area contributed by atoms with Crippen molar-refractivity contribution in [3.63, 3.8) is 0 Å². The maximum atomic E-state index is 12.9. The molecule has 2 aliphatic rings. The fraction of sp³-hybridized carbons (Fsp3) is 0.519. The fourth-order valence-corrected chi connectivity index (χ4v) is 4.61. The van der Waals surface area contributed by atoms with Crippen LogP contribution in [0.25, 0.3) is 0 Å². The van der Waals surface area contributed by atoms with Gasteiger partial charge in [0, 0.05) is 12.8 Å². The van der Waals surface area contributed by atoms with E-state index in [-0.39, 0.29) is 60.1 Å². The lowest BCUT2D eigenvalue weighted by Crippen LogP contribution is -2.29. The lowest BCUT2D eigenvalue weighted by Gasteiger charge is -2.21. The molecule has 10 heteroatoms. The molecule has 0 saturated carbocycles. The Kier molecular flexibility index (Phi) is 9.96. The van der Waals surface area contributed by atoms with Crippen molar-refractivity contribution >= 4 is 29.7 Å². The number of amidine groups is 1. The summed E-state index contributed by atoms with van der Waals surface area (Å²) in [7, 11) is 0. The number of carbonyl (C=O) groups excluding carboxylic acids is 3. The maximum absolute atomic E-state index is 12.9. The summed E-state index contributed by atoms with van der Waals surface area (Å²) in [5.41, 5.74) is -0.213. The summed E-state index contributed by atoms with van der Waals surface area (Å²) in [6.07, 6.45) is 4.49. The number of carboxylic acids is 1. The Labute approximate surface area is 215 Å². The van der Waals surface area contributed by atoms with E-state index in [0.717, 1.165) is 0 Å². The first-order chi connectivity index (χ1) is 17.7. The highest BCUT2D eigenvalue weighted by atomic mass is 16.6. The van der Waals surface area contributed by atoms with Crippen molar-refractivity contribution in [2.24, 2.45) is 11.8 Å². The molecule has 2 aliphatic heterocycles. The molecular formula is C27H34N2O8. The minimum atomic E-state index is -1.23. The van der Waals surface area contributed by atoms with E-state index < -0.39 is 30.3 Å². The predicted octanol–water partition coefficient (Wildman–Crippen LogP) is 3.50. The van der Waals surface area contributed by atoms with E-state index in [9.17, 15) is 24.3 Å². The van der Waals surface area contributed by atoms with Crippen molar-refractivity contribution in [2.45, 2.75) is 70.7 Å². The van der Waals surface area contributed by atoms with Gasteiger partial charge in [-0.1, -0.05) is 32.1 Å². The summed E-state index contributed by atoms with van der Waals surface area (Å²) in [5, 5.41) is 19.6. The third-order valence-corrected chi connectivity index (χ3v) is 6.72. The van der Waals surface area contributed by atoms with Crippen LogP contribution in [0.2, 0.25) is 0 Å². The summed E-state index contributed by atoms with van der Waals surface area (Å²) in [4.78, 5) is 48.8. The quantitative estimate of drug-likeness (QED) is 0.380. The molecular weight excluding hydrogens is 480 g/mol. The van der Waals surface area contributed by atoms with E-state index in [1.807, 2.05) is 13.8 Å². The van der Waals surface area contributed by atoms with E-state index in [1.54, 1.807) is 18.2 Å². The van der Waals surface area contributed by atoms with E-state index in [4.69, 9.17) is 19.6 Å². The molecule has 0 aliphatic carbocycles. The standard InChI is InChI=1S/C27H34N2O8/c1-3-17(4-2)26(33)35-15-18-14-22(37-27(34)20-8-6-5-7-19(20)25(31)32)21(36-18)11-9-16-10-12-23(28)29-24(30)13-16/h5-8,10,12,16-18,21-22H,3-4,9,11,13-15H2,1-2H3,(H,31,32)(H2,28,29,30)/t16?,18-,21-,22+/m0/s1. The fourth-order valence-electron chi connectivity index (χ4n) is 4.61. The molecule has 4 atom stereocenters. The van der Waals surface area contributed by atoms with Gasteiger partial charge in [0.1, 0.15) is 18.5 Å². The Hall–Kier alpha value is -3.53. The molecule has 37 heavy (non-hydrogen) atoms. The smallest absolute Gasteiger partial charge is 0.339 e. The molecule has 1 unspecified atom stereocenters. The van der Waals surface area contributed by atoms with Crippen LogP contribution in [0.4, 0.5) is 0 Å². The van der Waals surface area contributed by atoms with E-state index in [1.165, 1.54) is 18.2 Å². The lowest BCUT2D eigenvalue weighted by atomic mass is 9.95. The van der Waals surface area contributed by atoms with Gasteiger partial charge >= 0.3 is 17.9 Å². The summed E-state index contributed by atoms with van der Waals surface area (Å²) in [6.45, 7) is 3.87. The zero-order valence-electron chi connectivity index (χ0n) is 21.1. The second kappa shape index (κ2) is 13.1. The summed E-state index contributed by atoms with van der Waals surface area (Å²) in [5.74, 6) is -2.82. The number of hydrogen-bond acceptors (Lipinski definition) is 8. The van der Waals surface area contributed by atoms with Gasteiger partial charge < -0.3 is 24.6 Å². The molecule has 1 fully saturated rings. The monoisotopic (exact) mass is 514 g/mol.